The Morgan fingerprint density at radius 2 is 1.75 bits per heavy atom. The predicted octanol–water partition coefficient (Wildman–Crippen LogP) is -1.48. The van der Waals surface area contributed by atoms with E-state index in [-0.39, 0.29) is 12.5 Å². The summed E-state index contributed by atoms with van der Waals surface area (Å²) in [5.41, 5.74) is 5.24. The maximum absolute atomic E-state index is 12.4. The highest BCUT2D eigenvalue weighted by Crippen LogP contribution is 2.05. The zero-order valence-corrected chi connectivity index (χ0v) is 14.9. The van der Waals surface area contributed by atoms with E-state index in [1.165, 1.54) is 11.8 Å². The summed E-state index contributed by atoms with van der Waals surface area (Å²) >= 11 is 1.49. The molecule has 3 amide bonds. The van der Waals surface area contributed by atoms with E-state index in [1.54, 1.807) is 13.8 Å². The molecule has 0 heterocycles. The largest absolute Gasteiger partial charge is 0.480 e. The molecule has 0 spiro atoms. The van der Waals surface area contributed by atoms with Crippen molar-refractivity contribution in [2.24, 2.45) is 11.7 Å². The van der Waals surface area contributed by atoms with E-state index in [0.29, 0.717) is 12.2 Å². The molecule has 0 fully saturated rings. The molecule has 0 radical (unpaired) electrons. The number of nitrogens with two attached hydrogens (primary N) is 1. The average molecular weight is 362 g/mol. The number of thioether (sulfide) groups is 1. The maximum Gasteiger partial charge on any atom is 0.322 e. The van der Waals surface area contributed by atoms with Gasteiger partial charge in [-0.05, 0) is 24.3 Å². The van der Waals surface area contributed by atoms with Crippen molar-refractivity contribution in [3.8, 4) is 0 Å². The molecule has 0 saturated heterocycles. The molecule has 0 aromatic rings. The highest BCUT2D eigenvalue weighted by molar-refractivity contribution is 7.98. The minimum Gasteiger partial charge on any atom is -0.480 e. The second-order valence-electron chi connectivity index (χ2n) is 5.45. The van der Waals surface area contributed by atoms with Crippen molar-refractivity contribution in [3.63, 3.8) is 0 Å². The van der Waals surface area contributed by atoms with Gasteiger partial charge in [0.15, 0.2) is 0 Å². The average Bonchev–Trinajstić information content (AvgIpc) is 2.53. The number of carbonyl (C=O) groups is 4. The molecule has 0 saturated carbocycles. The van der Waals surface area contributed by atoms with Crippen molar-refractivity contribution in [1.82, 2.24) is 16.0 Å². The van der Waals surface area contributed by atoms with Gasteiger partial charge in [0, 0.05) is 0 Å². The minimum atomic E-state index is -1.17. The molecule has 0 aliphatic heterocycles. The lowest BCUT2D eigenvalue weighted by Crippen LogP contribution is -2.56. The van der Waals surface area contributed by atoms with Gasteiger partial charge in [-0.15, -0.1) is 0 Å². The lowest BCUT2D eigenvalue weighted by molar-refractivity contribution is -0.138. The summed E-state index contributed by atoms with van der Waals surface area (Å²) < 4.78 is 0. The minimum absolute atomic E-state index is 0.205. The van der Waals surface area contributed by atoms with Gasteiger partial charge < -0.3 is 26.8 Å². The van der Waals surface area contributed by atoms with Crippen LogP contribution in [0.15, 0.2) is 0 Å². The maximum atomic E-state index is 12.4. The molecule has 2 unspecified atom stereocenters. The van der Waals surface area contributed by atoms with Crippen molar-refractivity contribution < 1.29 is 24.3 Å². The molecule has 0 aliphatic carbocycles. The fraction of sp³-hybridized carbons (Fsp3) is 0.714. The van der Waals surface area contributed by atoms with Crippen LogP contribution in [0.3, 0.4) is 0 Å². The Balaban J connectivity index is 4.94. The summed E-state index contributed by atoms with van der Waals surface area (Å²) in [5, 5.41) is 16.0. The van der Waals surface area contributed by atoms with Gasteiger partial charge in [-0.2, -0.15) is 11.8 Å². The molecule has 0 aromatic heterocycles. The summed E-state index contributed by atoms with van der Waals surface area (Å²) in [6, 6.07) is -1.70. The van der Waals surface area contributed by atoms with Crippen LogP contribution >= 0.6 is 11.8 Å². The van der Waals surface area contributed by atoms with Gasteiger partial charge in [0.25, 0.3) is 0 Å². The molecule has 0 bridgehead atoms. The molecular formula is C14H26N4O5S. The van der Waals surface area contributed by atoms with Crippen LogP contribution < -0.4 is 21.7 Å². The van der Waals surface area contributed by atoms with Crippen molar-refractivity contribution in [2.75, 3.05) is 25.1 Å². The van der Waals surface area contributed by atoms with E-state index < -0.39 is 42.3 Å². The van der Waals surface area contributed by atoms with Crippen LogP contribution in [-0.2, 0) is 19.2 Å². The molecule has 9 nitrogen and oxygen atoms in total. The molecular weight excluding hydrogens is 336 g/mol. The zero-order chi connectivity index (χ0) is 18.7. The van der Waals surface area contributed by atoms with Crippen LogP contribution in [0.1, 0.15) is 20.3 Å². The number of carbonyl (C=O) groups excluding carboxylic acids is 3. The van der Waals surface area contributed by atoms with Gasteiger partial charge in [-0.3, -0.25) is 19.2 Å². The monoisotopic (exact) mass is 362 g/mol. The number of amides is 3. The van der Waals surface area contributed by atoms with Gasteiger partial charge >= 0.3 is 5.97 Å². The van der Waals surface area contributed by atoms with Crippen molar-refractivity contribution in [3.05, 3.63) is 0 Å². The van der Waals surface area contributed by atoms with E-state index in [2.05, 4.69) is 16.0 Å². The Morgan fingerprint density at radius 1 is 1.12 bits per heavy atom. The van der Waals surface area contributed by atoms with Gasteiger partial charge in [0.2, 0.25) is 17.7 Å². The lowest BCUT2D eigenvalue weighted by atomic mass is 10.0. The Bertz CT molecular complexity index is 458. The molecule has 2 atom stereocenters. The number of aliphatic carboxylic acids is 1. The summed E-state index contributed by atoms with van der Waals surface area (Å²) in [7, 11) is 0. The van der Waals surface area contributed by atoms with Crippen LogP contribution in [0.4, 0.5) is 0 Å². The van der Waals surface area contributed by atoms with Crippen molar-refractivity contribution in [1.29, 1.82) is 0 Å². The first-order valence-corrected chi connectivity index (χ1v) is 8.90. The van der Waals surface area contributed by atoms with Crippen LogP contribution in [0, 0.1) is 5.92 Å². The second kappa shape index (κ2) is 11.7. The first kappa shape index (κ1) is 22.2. The normalized spacial score (nSPS) is 13.0. The molecule has 6 N–H and O–H groups in total. The molecule has 138 valence electrons. The molecule has 0 aromatic carbocycles. The number of hydrogen-bond acceptors (Lipinski definition) is 6. The van der Waals surface area contributed by atoms with Crippen LogP contribution in [0.5, 0.6) is 0 Å². The standard InChI is InChI=1S/C14H26N4O5S/c1-8(2)12(18-10(19)6-15)14(23)17-9(4-5-24-3)13(22)16-7-11(20)21/h8-9,12H,4-7,15H2,1-3H3,(H,16,22)(H,17,23)(H,18,19)(H,20,21). The van der Waals surface area contributed by atoms with E-state index >= 15 is 0 Å². The lowest BCUT2D eigenvalue weighted by Gasteiger charge is -2.25. The van der Waals surface area contributed by atoms with E-state index in [0.717, 1.165) is 0 Å². The Kier molecular flexibility index (Phi) is 10.8. The third-order valence-corrected chi connectivity index (χ3v) is 3.75. The van der Waals surface area contributed by atoms with Gasteiger partial charge in [-0.1, -0.05) is 13.8 Å². The van der Waals surface area contributed by atoms with Crippen molar-refractivity contribution in [2.45, 2.75) is 32.4 Å². The summed E-state index contributed by atoms with van der Waals surface area (Å²) in [6.07, 6.45) is 2.19. The summed E-state index contributed by atoms with van der Waals surface area (Å²) in [4.78, 5) is 46.4. The smallest absolute Gasteiger partial charge is 0.322 e. The second-order valence-corrected chi connectivity index (χ2v) is 6.43. The molecule has 0 rings (SSSR count). The van der Waals surface area contributed by atoms with E-state index in [4.69, 9.17) is 10.8 Å². The van der Waals surface area contributed by atoms with Crippen LogP contribution in [0.25, 0.3) is 0 Å². The fourth-order valence-corrected chi connectivity index (χ4v) is 2.29. The molecule has 0 aliphatic rings. The van der Waals surface area contributed by atoms with Gasteiger partial charge in [0.05, 0.1) is 6.54 Å². The van der Waals surface area contributed by atoms with E-state index in [1.807, 2.05) is 6.26 Å². The van der Waals surface area contributed by atoms with Gasteiger partial charge in [0.1, 0.15) is 18.6 Å². The van der Waals surface area contributed by atoms with Gasteiger partial charge in [-0.25, -0.2) is 0 Å². The number of hydrogen-bond donors (Lipinski definition) is 5. The van der Waals surface area contributed by atoms with Crippen LogP contribution in [0.2, 0.25) is 0 Å². The molecule has 24 heavy (non-hydrogen) atoms. The SMILES string of the molecule is CSCCC(NC(=O)C(NC(=O)CN)C(C)C)C(=O)NCC(=O)O. The van der Waals surface area contributed by atoms with Crippen molar-refractivity contribution >= 4 is 35.5 Å². The number of nitrogens with one attached hydrogen (secondary N) is 3. The first-order chi connectivity index (χ1) is 11.2. The summed E-state index contributed by atoms with van der Waals surface area (Å²) in [5.74, 6) is -2.33. The Morgan fingerprint density at radius 3 is 2.21 bits per heavy atom. The fourth-order valence-electron chi connectivity index (χ4n) is 1.82. The zero-order valence-electron chi connectivity index (χ0n) is 14.1. The molecule has 10 heteroatoms. The highest BCUT2D eigenvalue weighted by atomic mass is 32.2. The third-order valence-electron chi connectivity index (χ3n) is 3.11. The first-order valence-electron chi connectivity index (χ1n) is 7.51. The number of carboxylic acid groups (broad SMARTS) is 1. The topological polar surface area (TPSA) is 151 Å². The number of carboxylic acids is 1. The predicted molar refractivity (Wildman–Crippen MR) is 91.4 cm³/mol. The summed E-state index contributed by atoms with van der Waals surface area (Å²) in [6.45, 7) is 2.73. The van der Waals surface area contributed by atoms with Crippen LogP contribution in [-0.4, -0.2) is 66.0 Å². The highest BCUT2D eigenvalue weighted by Gasteiger charge is 2.28. The Labute approximate surface area is 145 Å². The third kappa shape index (κ3) is 8.73. The van der Waals surface area contributed by atoms with E-state index in [9.17, 15) is 19.2 Å². The Hall–Kier alpha value is -1.81. The quantitative estimate of drug-likeness (QED) is 0.301. The number of rotatable bonds is 11.